The van der Waals surface area contributed by atoms with Crippen LogP contribution in [0.2, 0.25) is 0 Å². The molecule has 0 aromatic heterocycles. The van der Waals surface area contributed by atoms with E-state index in [4.69, 9.17) is 9.47 Å². The van der Waals surface area contributed by atoms with E-state index in [2.05, 4.69) is 31.3 Å². The third kappa shape index (κ3) is 4.13. The third-order valence-electron chi connectivity index (χ3n) is 3.93. The Morgan fingerprint density at radius 2 is 1.74 bits per heavy atom. The van der Waals surface area contributed by atoms with Gasteiger partial charge < -0.3 is 14.8 Å². The molecule has 0 radical (unpaired) electrons. The van der Waals surface area contributed by atoms with Crippen LogP contribution in [-0.4, -0.2) is 25.4 Å². The van der Waals surface area contributed by atoms with E-state index in [0.717, 1.165) is 11.4 Å². The number of benzene rings is 1. The maximum absolute atomic E-state index is 5.95. The summed E-state index contributed by atoms with van der Waals surface area (Å²) in [7, 11) is 1.74. The van der Waals surface area contributed by atoms with Gasteiger partial charge in [-0.2, -0.15) is 0 Å². The Morgan fingerprint density at radius 1 is 1.11 bits per heavy atom. The molecule has 1 aromatic rings. The van der Waals surface area contributed by atoms with E-state index in [0.29, 0.717) is 6.10 Å². The summed E-state index contributed by atoms with van der Waals surface area (Å²) in [6, 6.07) is 8.52. The highest BCUT2D eigenvalue weighted by Crippen LogP contribution is 2.25. The Morgan fingerprint density at radius 3 is 2.32 bits per heavy atom. The van der Waals surface area contributed by atoms with Crippen molar-refractivity contribution in [2.45, 2.75) is 57.8 Å². The van der Waals surface area contributed by atoms with Crippen LogP contribution in [0.15, 0.2) is 24.3 Å². The molecule has 0 aliphatic heterocycles. The van der Waals surface area contributed by atoms with Gasteiger partial charge in [0.1, 0.15) is 5.75 Å². The molecule has 0 heterocycles. The summed E-state index contributed by atoms with van der Waals surface area (Å²) < 4.78 is 11.3. The van der Waals surface area contributed by atoms with Crippen molar-refractivity contribution >= 4 is 5.69 Å². The van der Waals surface area contributed by atoms with Crippen molar-refractivity contribution in [3.8, 4) is 5.75 Å². The fraction of sp³-hybridized carbons (Fsp3) is 0.625. The van der Waals surface area contributed by atoms with Gasteiger partial charge in [-0.05, 0) is 63.8 Å². The number of rotatable bonds is 6. The predicted molar refractivity (Wildman–Crippen MR) is 78.9 cm³/mol. The molecule has 0 bridgehead atoms. The van der Waals surface area contributed by atoms with Gasteiger partial charge in [0.15, 0.2) is 0 Å². The van der Waals surface area contributed by atoms with E-state index in [1.807, 2.05) is 12.1 Å². The quantitative estimate of drug-likeness (QED) is 0.845. The van der Waals surface area contributed by atoms with E-state index in [9.17, 15) is 0 Å². The van der Waals surface area contributed by atoms with Crippen molar-refractivity contribution in [3.63, 3.8) is 0 Å². The summed E-state index contributed by atoms with van der Waals surface area (Å²) in [5.74, 6) is 0.977. The molecule has 3 heteroatoms. The number of anilines is 1. The normalized spacial score (nSPS) is 19.1. The second kappa shape index (κ2) is 6.80. The van der Waals surface area contributed by atoms with Crippen LogP contribution in [0.5, 0.6) is 5.75 Å². The molecule has 3 nitrogen and oxygen atoms in total. The highest BCUT2D eigenvalue weighted by atomic mass is 16.5. The van der Waals surface area contributed by atoms with E-state index < -0.39 is 0 Å². The van der Waals surface area contributed by atoms with Crippen molar-refractivity contribution < 1.29 is 9.47 Å². The minimum atomic E-state index is 0.189. The Balaban J connectivity index is 1.87. The molecule has 1 fully saturated rings. The van der Waals surface area contributed by atoms with Gasteiger partial charge in [0.05, 0.1) is 12.2 Å². The zero-order valence-corrected chi connectivity index (χ0v) is 12.2. The average molecular weight is 263 g/mol. The Hall–Kier alpha value is -1.22. The third-order valence-corrected chi connectivity index (χ3v) is 3.93. The molecule has 0 amide bonds. The average Bonchev–Trinajstić information content (AvgIpc) is 2.93. The Kier molecular flexibility index (Phi) is 5.08. The zero-order chi connectivity index (χ0) is 13.7. The van der Waals surface area contributed by atoms with Crippen LogP contribution < -0.4 is 10.1 Å². The van der Waals surface area contributed by atoms with Crippen molar-refractivity contribution in [1.82, 2.24) is 0 Å². The van der Waals surface area contributed by atoms with Crippen molar-refractivity contribution in [2.75, 3.05) is 12.4 Å². The molecule has 2 rings (SSSR count). The highest BCUT2D eigenvalue weighted by Gasteiger charge is 2.16. The lowest BCUT2D eigenvalue weighted by Gasteiger charge is -2.21. The fourth-order valence-electron chi connectivity index (χ4n) is 2.41. The summed E-state index contributed by atoms with van der Waals surface area (Å²) >= 11 is 0. The van der Waals surface area contributed by atoms with Crippen molar-refractivity contribution in [2.24, 2.45) is 0 Å². The largest absolute Gasteiger partial charge is 0.490 e. The molecule has 0 spiro atoms. The Labute approximate surface area is 116 Å². The molecule has 1 aromatic carbocycles. The highest BCUT2D eigenvalue weighted by molar-refractivity contribution is 5.47. The summed E-state index contributed by atoms with van der Waals surface area (Å²) in [6.45, 7) is 4.19. The topological polar surface area (TPSA) is 30.5 Å². The first kappa shape index (κ1) is 14.2. The van der Waals surface area contributed by atoms with Gasteiger partial charge in [-0.15, -0.1) is 0 Å². The number of methoxy groups -OCH3 is 1. The predicted octanol–water partition coefficient (Wildman–Crippen LogP) is 3.84. The first-order chi connectivity index (χ1) is 9.19. The lowest BCUT2D eigenvalue weighted by molar-refractivity contribution is 0.106. The molecule has 2 unspecified atom stereocenters. The molecule has 19 heavy (non-hydrogen) atoms. The summed E-state index contributed by atoms with van der Waals surface area (Å²) in [4.78, 5) is 0. The van der Waals surface area contributed by atoms with Gasteiger partial charge in [-0.25, -0.2) is 0 Å². The van der Waals surface area contributed by atoms with E-state index in [1.165, 1.54) is 25.7 Å². The van der Waals surface area contributed by atoms with Gasteiger partial charge in [0.2, 0.25) is 0 Å². The minimum Gasteiger partial charge on any atom is -0.490 e. The molecular weight excluding hydrogens is 238 g/mol. The van der Waals surface area contributed by atoms with Crippen LogP contribution in [0, 0.1) is 0 Å². The molecule has 1 saturated carbocycles. The first-order valence-corrected chi connectivity index (χ1v) is 7.25. The molecule has 0 saturated heterocycles. The maximum atomic E-state index is 5.95. The van der Waals surface area contributed by atoms with Crippen LogP contribution in [0.4, 0.5) is 5.69 Å². The standard InChI is InChI=1S/C16H25NO2/c1-12(13(2)18-3)17-14-8-10-16(11-9-14)19-15-6-4-5-7-15/h8-13,15,17H,4-7H2,1-3H3. The first-order valence-electron chi connectivity index (χ1n) is 7.25. The number of nitrogens with one attached hydrogen (secondary N) is 1. The molecule has 2 atom stereocenters. The van der Waals surface area contributed by atoms with Gasteiger partial charge >= 0.3 is 0 Å². The van der Waals surface area contributed by atoms with Gasteiger partial charge in [-0.3, -0.25) is 0 Å². The van der Waals surface area contributed by atoms with Crippen LogP contribution in [0.3, 0.4) is 0 Å². The fourth-order valence-corrected chi connectivity index (χ4v) is 2.41. The van der Waals surface area contributed by atoms with E-state index in [-0.39, 0.29) is 12.1 Å². The smallest absolute Gasteiger partial charge is 0.119 e. The molecule has 106 valence electrons. The molecular formula is C16H25NO2. The van der Waals surface area contributed by atoms with Crippen LogP contribution in [0.1, 0.15) is 39.5 Å². The SMILES string of the molecule is COC(C)C(C)Nc1ccc(OC2CCCC2)cc1. The second-order valence-corrected chi connectivity index (χ2v) is 5.42. The Bertz CT molecular complexity index is 371. The molecule has 1 aliphatic rings. The molecule has 1 aliphatic carbocycles. The second-order valence-electron chi connectivity index (χ2n) is 5.42. The van der Waals surface area contributed by atoms with Crippen molar-refractivity contribution in [3.05, 3.63) is 24.3 Å². The lowest BCUT2D eigenvalue weighted by Crippen LogP contribution is -2.29. The van der Waals surface area contributed by atoms with Crippen LogP contribution in [0.25, 0.3) is 0 Å². The van der Waals surface area contributed by atoms with Gasteiger partial charge in [0.25, 0.3) is 0 Å². The maximum Gasteiger partial charge on any atom is 0.119 e. The number of hydrogen-bond donors (Lipinski definition) is 1. The van der Waals surface area contributed by atoms with Crippen molar-refractivity contribution in [1.29, 1.82) is 0 Å². The number of hydrogen-bond acceptors (Lipinski definition) is 3. The van der Waals surface area contributed by atoms with Crippen LogP contribution in [-0.2, 0) is 4.74 Å². The zero-order valence-electron chi connectivity index (χ0n) is 12.2. The van der Waals surface area contributed by atoms with E-state index >= 15 is 0 Å². The molecule has 1 N–H and O–H groups in total. The minimum absolute atomic E-state index is 0.189. The monoisotopic (exact) mass is 263 g/mol. The van der Waals surface area contributed by atoms with Crippen LogP contribution >= 0.6 is 0 Å². The summed E-state index contributed by atoms with van der Waals surface area (Å²) in [5, 5.41) is 3.43. The summed E-state index contributed by atoms with van der Waals surface area (Å²) in [6.07, 6.45) is 5.61. The van der Waals surface area contributed by atoms with E-state index in [1.54, 1.807) is 7.11 Å². The number of ether oxygens (including phenoxy) is 2. The lowest BCUT2D eigenvalue weighted by atomic mass is 10.2. The van der Waals surface area contributed by atoms with Gasteiger partial charge in [-0.1, -0.05) is 0 Å². The summed E-state index contributed by atoms with van der Waals surface area (Å²) in [5.41, 5.74) is 1.11. The van der Waals surface area contributed by atoms with Gasteiger partial charge in [0, 0.05) is 18.8 Å².